The molecule has 1 N–H and O–H groups in total. The molecule has 1 aromatic carbocycles. The van der Waals surface area contributed by atoms with Gasteiger partial charge in [0.05, 0.1) is 5.69 Å². The Morgan fingerprint density at radius 3 is 2.48 bits per heavy atom. The van der Waals surface area contributed by atoms with Crippen molar-refractivity contribution >= 4 is 28.1 Å². The lowest BCUT2D eigenvalue weighted by Gasteiger charge is -2.21. The third-order valence-corrected chi connectivity index (χ3v) is 4.98. The summed E-state index contributed by atoms with van der Waals surface area (Å²) in [6, 6.07) is 8.46. The quantitative estimate of drug-likeness (QED) is 0.865. The third kappa shape index (κ3) is 4.43. The van der Waals surface area contributed by atoms with Crippen LogP contribution in [0.4, 0.5) is 5.13 Å². The highest BCUT2D eigenvalue weighted by atomic mass is 35.5. The van der Waals surface area contributed by atoms with E-state index in [4.69, 9.17) is 11.6 Å². The molecule has 21 heavy (non-hydrogen) atoms. The van der Waals surface area contributed by atoms with Crippen molar-refractivity contribution in [3.63, 3.8) is 0 Å². The van der Waals surface area contributed by atoms with Crippen molar-refractivity contribution in [3.05, 3.63) is 45.9 Å². The van der Waals surface area contributed by atoms with Crippen molar-refractivity contribution in [2.75, 3.05) is 19.0 Å². The number of rotatable bonds is 6. The summed E-state index contributed by atoms with van der Waals surface area (Å²) in [4.78, 5) is 6.63. The largest absolute Gasteiger partial charge is 0.354 e. The fourth-order valence-electron chi connectivity index (χ4n) is 2.08. The van der Waals surface area contributed by atoms with Crippen molar-refractivity contribution in [3.8, 4) is 0 Å². The number of nitrogens with zero attached hydrogens (tertiary/aromatic N) is 2. The van der Waals surface area contributed by atoms with Crippen LogP contribution in [0.25, 0.3) is 0 Å². The van der Waals surface area contributed by atoms with Crippen LogP contribution in [0.1, 0.15) is 31.0 Å². The third-order valence-electron chi connectivity index (χ3n) is 3.67. The van der Waals surface area contributed by atoms with Crippen LogP contribution in [0.15, 0.2) is 29.6 Å². The first-order valence-electron chi connectivity index (χ1n) is 7.08. The van der Waals surface area contributed by atoms with E-state index in [-0.39, 0.29) is 0 Å². The second-order valence-electron chi connectivity index (χ2n) is 5.53. The lowest BCUT2D eigenvalue weighted by Crippen LogP contribution is -2.30. The molecule has 3 nitrogen and oxygen atoms in total. The summed E-state index contributed by atoms with van der Waals surface area (Å²) in [5, 5.41) is 7.50. The number of aromatic nitrogens is 1. The first kappa shape index (κ1) is 16.3. The van der Waals surface area contributed by atoms with E-state index in [2.05, 4.69) is 41.7 Å². The van der Waals surface area contributed by atoms with Crippen LogP contribution in [0.5, 0.6) is 0 Å². The van der Waals surface area contributed by atoms with Gasteiger partial charge in [-0.3, -0.25) is 0 Å². The van der Waals surface area contributed by atoms with Gasteiger partial charge in [0.2, 0.25) is 0 Å². The monoisotopic (exact) mass is 323 g/mol. The Bertz CT molecular complexity index is 565. The number of halogens is 1. The van der Waals surface area contributed by atoms with Gasteiger partial charge in [0.25, 0.3) is 0 Å². The Balaban J connectivity index is 1.91. The minimum Gasteiger partial charge on any atom is -0.354 e. The fraction of sp³-hybridized carbons (Fsp3) is 0.438. The Morgan fingerprint density at radius 1 is 1.24 bits per heavy atom. The maximum absolute atomic E-state index is 5.94. The van der Waals surface area contributed by atoms with E-state index < -0.39 is 0 Å². The van der Waals surface area contributed by atoms with Crippen LogP contribution in [-0.4, -0.2) is 25.1 Å². The number of anilines is 1. The second-order valence-corrected chi connectivity index (χ2v) is 6.80. The molecule has 0 aliphatic carbocycles. The lowest BCUT2D eigenvalue weighted by atomic mass is 9.94. The second kappa shape index (κ2) is 7.25. The minimum absolute atomic E-state index is 0.371. The van der Waals surface area contributed by atoms with Crippen LogP contribution in [-0.2, 0) is 6.54 Å². The van der Waals surface area contributed by atoms with E-state index >= 15 is 0 Å². The Morgan fingerprint density at radius 2 is 1.90 bits per heavy atom. The number of thiazole rings is 1. The van der Waals surface area contributed by atoms with Gasteiger partial charge in [0.15, 0.2) is 5.13 Å². The molecule has 1 heterocycles. The van der Waals surface area contributed by atoms with Gasteiger partial charge in [0.1, 0.15) is 0 Å². The topological polar surface area (TPSA) is 28.2 Å². The van der Waals surface area contributed by atoms with Crippen molar-refractivity contribution < 1.29 is 0 Å². The Hall–Kier alpha value is -1.10. The van der Waals surface area contributed by atoms with Crippen LogP contribution < -0.4 is 10.2 Å². The smallest absolute Gasteiger partial charge is 0.185 e. The molecule has 2 aromatic rings. The summed E-state index contributed by atoms with van der Waals surface area (Å²) >= 11 is 7.61. The first-order chi connectivity index (χ1) is 9.97. The molecule has 5 heteroatoms. The predicted molar refractivity (Wildman–Crippen MR) is 92.6 cm³/mol. The van der Waals surface area contributed by atoms with Crippen LogP contribution in [0.3, 0.4) is 0 Å². The highest BCUT2D eigenvalue weighted by molar-refractivity contribution is 7.13. The molecule has 2 atom stereocenters. The number of hydrogen-bond donors (Lipinski definition) is 1. The van der Waals surface area contributed by atoms with Gasteiger partial charge in [-0.05, 0) is 30.5 Å². The average molecular weight is 324 g/mol. The first-order valence-corrected chi connectivity index (χ1v) is 8.33. The standard InChI is InChI=1S/C16H22ClN3S/c1-11(13-5-7-14(17)8-6-13)12(2)18-9-15-10-21-16(19-15)20(3)4/h5-8,10-12,18H,9H2,1-4H3. The van der Waals surface area contributed by atoms with Crippen molar-refractivity contribution in [1.82, 2.24) is 10.3 Å². The molecule has 1 aromatic heterocycles. The van der Waals surface area contributed by atoms with Gasteiger partial charge in [-0.15, -0.1) is 11.3 Å². The van der Waals surface area contributed by atoms with E-state index in [1.165, 1.54) is 5.56 Å². The van der Waals surface area contributed by atoms with Gasteiger partial charge in [0, 0.05) is 37.1 Å². The molecule has 0 saturated carbocycles. The van der Waals surface area contributed by atoms with E-state index in [0.29, 0.717) is 12.0 Å². The summed E-state index contributed by atoms with van der Waals surface area (Å²) in [5.74, 6) is 0.425. The molecule has 0 amide bonds. The van der Waals surface area contributed by atoms with Crippen molar-refractivity contribution in [1.29, 1.82) is 0 Å². The summed E-state index contributed by atoms with van der Waals surface area (Å²) in [6.45, 7) is 5.23. The van der Waals surface area contributed by atoms with Gasteiger partial charge >= 0.3 is 0 Å². The molecular weight excluding hydrogens is 302 g/mol. The summed E-state index contributed by atoms with van der Waals surface area (Å²) in [7, 11) is 4.03. The van der Waals surface area contributed by atoms with E-state index in [9.17, 15) is 0 Å². The number of benzene rings is 1. The SMILES string of the molecule is CC(NCc1csc(N(C)C)n1)C(C)c1ccc(Cl)cc1. The molecule has 2 rings (SSSR count). The van der Waals surface area contributed by atoms with Crippen LogP contribution >= 0.6 is 22.9 Å². The Labute approximate surface area is 136 Å². The van der Waals surface area contributed by atoms with Crippen molar-refractivity contribution in [2.45, 2.75) is 32.4 Å². The van der Waals surface area contributed by atoms with E-state index in [1.807, 2.05) is 31.1 Å². The van der Waals surface area contributed by atoms with Gasteiger partial charge < -0.3 is 10.2 Å². The van der Waals surface area contributed by atoms with Gasteiger partial charge in [-0.2, -0.15) is 0 Å². The molecule has 0 saturated heterocycles. The molecule has 0 bridgehead atoms. The molecule has 0 aliphatic rings. The number of nitrogens with one attached hydrogen (secondary N) is 1. The zero-order chi connectivity index (χ0) is 15.4. The van der Waals surface area contributed by atoms with Crippen molar-refractivity contribution in [2.24, 2.45) is 0 Å². The van der Waals surface area contributed by atoms with Gasteiger partial charge in [-0.1, -0.05) is 30.7 Å². The highest BCUT2D eigenvalue weighted by Crippen LogP contribution is 2.22. The summed E-state index contributed by atoms with van der Waals surface area (Å²) < 4.78 is 0. The molecule has 0 radical (unpaired) electrons. The predicted octanol–water partition coefficient (Wildman–Crippen LogP) is 4.14. The lowest BCUT2D eigenvalue weighted by molar-refractivity contribution is 0.478. The highest BCUT2D eigenvalue weighted by Gasteiger charge is 2.14. The maximum atomic E-state index is 5.94. The molecule has 0 fully saturated rings. The van der Waals surface area contributed by atoms with Gasteiger partial charge in [-0.25, -0.2) is 4.98 Å². The van der Waals surface area contributed by atoms with E-state index in [1.54, 1.807) is 11.3 Å². The zero-order valence-corrected chi connectivity index (χ0v) is 14.5. The maximum Gasteiger partial charge on any atom is 0.185 e. The van der Waals surface area contributed by atoms with Crippen LogP contribution in [0, 0.1) is 0 Å². The molecule has 0 aliphatic heterocycles. The number of hydrogen-bond acceptors (Lipinski definition) is 4. The molecule has 0 spiro atoms. The minimum atomic E-state index is 0.371. The summed E-state index contributed by atoms with van der Waals surface area (Å²) in [6.07, 6.45) is 0. The normalized spacial score (nSPS) is 14.0. The van der Waals surface area contributed by atoms with Crippen LogP contribution in [0.2, 0.25) is 5.02 Å². The molecule has 114 valence electrons. The molecular formula is C16H22ClN3S. The average Bonchev–Trinajstić information content (AvgIpc) is 2.94. The zero-order valence-electron chi connectivity index (χ0n) is 12.9. The Kier molecular flexibility index (Phi) is 5.62. The fourth-order valence-corrected chi connectivity index (χ4v) is 2.96. The molecule has 2 unspecified atom stereocenters. The van der Waals surface area contributed by atoms with E-state index in [0.717, 1.165) is 22.4 Å². The summed E-state index contributed by atoms with van der Waals surface area (Å²) in [5.41, 5.74) is 2.39.